The van der Waals surface area contributed by atoms with Crippen molar-refractivity contribution in [3.05, 3.63) is 112 Å². The third kappa shape index (κ3) is 5.40. The molecule has 0 spiro atoms. The number of benzene rings is 3. The fraction of sp³-hybridized carbons (Fsp3) is 0.200. The van der Waals surface area contributed by atoms with E-state index in [2.05, 4.69) is 47.1 Å². The van der Waals surface area contributed by atoms with Crippen molar-refractivity contribution in [3.8, 4) is 5.69 Å². The zero-order chi connectivity index (χ0) is 27.6. The maximum atomic E-state index is 12.9. The highest BCUT2D eigenvalue weighted by Gasteiger charge is 2.21. The normalized spacial score (nSPS) is 11.6. The molecule has 1 amide bonds. The Morgan fingerprint density at radius 3 is 2.16 bits per heavy atom. The largest absolute Gasteiger partial charge is 0.318 e. The second kappa shape index (κ2) is 10.7. The van der Waals surface area contributed by atoms with E-state index in [0.717, 1.165) is 28.2 Å². The number of aryl methyl sites for hydroxylation is 4. The second-order valence-electron chi connectivity index (χ2n) is 9.46. The van der Waals surface area contributed by atoms with E-state index in [-0.39, 0.29) is 10.8 Å². The Morgan fingerprint density at radius 2 is 1.53 bits per heavy atom. The number of sulfonamides is 1. The molecule has 0 atom stereocenters. The smallest absolute Gasteiger partial charge is 0.271 e. The van der Waals surface area contributed by atoms with Gasteiger partial charge >= 0.3 is 0 Å². The minimum atomic E-state index is -3.71. The van der Waals surface area contributed by atoms with Gasteiger partial charge in [0.05, 0.1) is 16.8 Å². The van der Waals surface area contributed by atoms with Crippen LogP contribution in [0.15, 0.2) is 82.8 Å². The summed E-state index contributed by atoms with van der Waals surface area (Å²) in [6.07, 6.45) is 1.63. The summed E-state index contributed by atoms with van der Waals surface area (Å²) in [6, 6.07) is 21.4. The number of hydrazone groups is 1. The molecule has 4 aromatic rings. The minimum Gasteiger partial charge on any atom is -0.318 e. The van der Waals surface area contributed by atoms with Gasteiger partial charge in [0.1, 0.15) is 0 Å². The van der Waals surface area contributed by atoms with Crippen LogP contribution in [-0.4, -0.2) is 32.2 Å². The molecule has 3 aromatic carbocycles. The molecule has 0 saturated heterocycles. The van der Waals surface area contributed by atoms with Crippen LogP contribution in [-0.2, 0) is 10.0 Å². The number of rotatable bonds is 7. The maximum absolute atomic E-state index is 12.9. The van der Waals surface area contributed by atoms with Crippen LogP contribution in [0.3, 0.4) is 0 Å². The van der Waals surface area contributed by atoms with Crippen LogP contribution in [0.2, 0.25) is 0 Å². The topological polar surface area (TPSA) is 83.8 Å². The zero-order valence-corrected chi connectivity index (χ0v) is 23.3. The first-order valence-electron chi connectivity index (χ1n) is 12.2. The lowest BCUT2D eigenvalue weighted by Gasteiger charge is -2.19. The van der Waals surface area contributed by atoms with Gasteiger partial charge in [-0.15, -0.1) is 0 Å². The van der Waals surface area contributed by atoms with Crippen molar-refractivity contribution in [2.45, 2.75) is 39.5 Å². The first kappa shape index (κ1) is 26.9. The Morgan fingerprint density at radius 1 is 0.868 bits per heavy atom. The van der Waals surface area contributed by atoms with E-state index >= 15 is 0 Å². The molecule has 0 fully saturated rings. The molecule has 0 radical (unpaired) electrons. The van der Waals surface area contributed by atoms with E-state index < -0.39 is 10.0 Å². The average Bonchev–Trinajstić information content (AvgIpc) is 3.18. The molecule has 1 N–H and O–H groups in total. The van der Waals surface area contributed by atoms with Crippen LogP contribution in [0.25, 0.3) is 5.69 Å². The summed E-state index contributed by atoms with van der Waals surface area (Å²) >= 11 is 0. The molecule has 0 bridgehead atoms. The van der Waals surface area contributed by atoms with Crippen molar-refractivity contribution >= 4 is 27.8 Å². The van der Waals surface area contributed by atoms with Crippen molar-refractivity contribution in [1.82, 2.24) is 9.99 Å². The number of nitrogens with zero attached hydrogens (tertiary/aromatic N) is 3. The van der Waals surface area contributed by atoms with E-state index in [0.29, 0.717) is 11.3 Å². The maximum Gasteiger partial charge on any atom is 0.271 e. The van der Waals surface area contributed by atoms with Gasteiger partial charge in [0, 0.05) is 35.2 Å². The molecule has 7 nitrogen and oxygen atoms in total. The molecule has 1 heterocycles. The number of anilines is 1. The molecule has 38 heavy (non-hydrogen) atoms. The van der Waals surface area contributed by atoms with Gasteiger partial charge in [-0.3, -0.25) is 9.10 Å². The van der Waals surface area contributed by atoms with Gasteiger partial charge in [0.15, 0.2) is 0 Å². The van der Waals surface area contributed by atoms with Crippen LogP contribution in [0.5, 0.6) is 0 Å². The summed E-state index contributed by atoms with van der Waals surface area (Å²) in [6.45, 7) is 10.1. The molecule has 196 valence electrons. The van der Waals surface area contributed by atoms with Gasteiger partial charge in [-0.05, 0) is 100 Å². The Bertz CT molecular complexity index is 1620. The van der Waals surface area contributed by atoms with Crippen LogP contribution < -0.4 is 9.73 Å². The number of amides is 1. The molecule has 4 rings (SSSR count). The van der Waals surface area contributed by atoms with Crippen LogP contribution >= 0.6 is 0 Å². The van der Waals surface area contributed by atoms with E-state index in [1.54, 1.807) is 54.7 Å². The molecule has 0 unspecified atom stereocenters. The predicted octanol–water partition coefficient (Wildman–Crippen LogP) is 5.61. The van der Waals surface area contributed by atoms with Gasteiger partial charge in [0.25, 0.3) is 15.9 Å². The summed E-state index contributed by atoms with van der Waals surface area (Å²) in [5, 5.41) is 4.16. The third-order valence-corrected chi connectivity index (χ3v) is 8.56. The number of carbonyl (C=O) groups is 1. The molecule has 0 aliphatic rings. The number of hydrogen-bond acceptors (Lipinski definition) is 4. The zero-order valence-electron chi connectivity index (χ0n) is 22.5. The first-order valence-corrected chi connectivity index (χ1v) is 13.7. The Balaban J connectivity index is 1.45. The number of aromatic nitrogens is 1. The quantitative estimate of drug-likeness (QED) is 0.250. The molecular formula is C30H32N4O3S. The fourth-order valence-electron chi connectivity index (χ4n) is 4.24. The fourth-order valence-corrected chi connectivity index (χ4v) is 5.43. The lowest BCUT2D eigenvalue weighted by atomic mass is 10.1. The van der Waals surface area contributed by atoms with Crippen molar-refractivity contribution < 1.29 is 13.2 Å². The molecular weight excluding hydrogens is 496 g/mol. The lowest BCUT2D eigenvalue weighted by Crippen LogP contribution is -2.26. The highest BCUT2D eigenvalue weighted by atomic mass is 32.2. The Labute approximate surface area is 224 Å². The minimum absolute atomic E-state index is 0.207. The molecule has 1 aromatic heterocycles. The number of hydrogen-bond donors (Lipinski definition) is 1. The SMILES string of the molecule is Cc1ccc(S(=O)(=O)N(C)c2ccc(C(=O)N/N=C\c3cc(C)n(-c4ccc(C)c(C)c4)c3C)cc2)cc1. The Hall–Kier alpha value is -4.17. The van der Waals surface area contributed by atoms with Gasteiger partial charge in [-0.25, -0.2) is 13.8 Å². The van der Waals surface area contributed by atoms with Gasteiger partial charge < -0.3 is 4.57 Å². The molecule has 0 aliphatic heterocycles. The molecule has 8 heteroatoms. The highest BCUT2D eigenvalue weighted by molar-refractivity contribution is 7.92. The van der Waals surface area contributed by atoms with Gasteiger partial charge in [0.2, 0.25) is 0 Å². The van der Waals surface area contributed by atoms with Crippen molar-refractivity contribution in [2.75, 3.05) is 11.4 Å². The van der Waals surface area contributed by atoms with Crippen LogP contribution in [0.4, 0.5) is 5.69 Å². The summed E-state index contributed by atoms with van der Waals surface area (Å²) < 4.78 is 29.2. The van der Waals surface area contributed by atoms with Gasteiger partial charge in [-0.1, -0.05) is 23.8 Å². The van der Waals surface area contributed by atoms with E-state index in [9.17, 15) is 13.2 Å². The third-order valence-electron chi connectivity index (χ3n) is 6.76. The second-order valence-corrected chi connectivity index (χ2v) is 11.4. The van der Waals surface area contributed by atoms with Crippen LogP contribution in [0, 0.1) is 34.6 Å². The van der Waals surface area contributed by atoms with Crippen molar-refractivity contribution in [1.29, 1.82) is 0 Å². The van der Waals surface area contributed by atoms with Crippen LogP contribution in [0.1, 0.15) is 44.0 Å². The summed E-state index contributed by atoms with van der Waals surface area (Å²) in [7, 11) is -2.22. The van der Waals surface area contributed by atoms with Crippen molar-refractivity contribution in [3.63, 3.8) is 0 Å². The van der Waals surface area contributed by atoms with Gasteiger partial charge in [-0.2, -0.15) is 5.10 Å². The van der Waals surface area contributed by atoms with E-state index in [1.165, 1.54) is 22.5 Å². The van der Waals surface area contributed by atoms with E-state index in [1.807, 2.05) is 26.8 Å². The Kier molecular flexibility index (Phi) is 7.55. The molecule has 0 aliphatic carbocycles. The summed E-state index contributed by atoms with van der Waals surface area (Å²) in [5.41, 5.74) is 10.9. The summed E-state index contributed by atoms with van der Waals surface area (Å²) in [4.78, 5) is 12.9. The lowest BCUT2D eigenvalue weighted by molar-refractivity contribution is 0.0955. The predicted molar refractivity (Wildman–Crippen MR) is 153 cm³/mol. The first-order chi connectivity index (χ1) is 18.0. The number of nitrogens with one attached hydrogen (secondary N) is 1. The van der Waals surface area contributed by atoms with E-state index in [4.69, 9.17) is 0 Å². The monoisotopic (exact) mass is 528 g/mol. The summed E-state index contributed by atoms with van der Waals surface area (Å²) in [5.74, 6) is -0.389. The standard InChI is InChI=1S/C30H32N4O3S/c1-20-7-15-29(16-8-20)38(36,37)33(6)27-13-10-25(11-14-27)30(35)32-31-19-26-18-23(4)34(24(26)5)28-12-9-21(2)22(3)17-28/h7-19H,1-6H3,(H,32,35)/b31-19-. The highest BCUT2D eigenvalue weighted by Crippen LogP contribution is 2.24. The molecule has 0 saturated carbocycles. The number of carbonyl (C=O) groups excluding carboxylic acids is 1. The van der Waals surface area contributed by atoms with Crippen molar-refractivity contribution in [2.24, 2.45) is 5.10 Å². The average molecular weight is 529 g/mol.